The van der Waals surface area contributed by atoms with Gasteiger partial charge in [-0.3, -0.25) is 19.3 Å². The maximum atomic E-state index is 13.0. The van der Waals surface area contributed by atoms with Gasteiger partial charge in [-0.15, -0.1) is 0 Å². The van der Waals surface area contributed by atoms with Crippen molar-refractivity contribution in [2.75, 3.05) is 27.2 Å². The zero-order valence-electron chi connectivity index (χ0n) is 17.4. The summed E-state index contributed by atoms with van der Waals surface area (Å²) >= 11 is 6.35. The number of likely N-dealkylation sites (N-methyl/N-ethyl adjacent to an activating group) is 2. The molecule has 6 nitrogen and oxygen atoms in total. The molecule has 0 N–H and O–H groups in total. The molecule has 0 aliphatic carbocycles. The van der Waals surface area contributed by atoms with E-state index in [-0.39, 0.29) is 24.7 Å². The van der Waals surface area contributed by atoms with Crippen LogP contribution in [0.4, 0.5) is 0 Å². The number of ether oxygens (including phenoxy) is 1. The van der Waals surface area contributed by atoms with Crippen LogP contribution < -0.4 is 4.74 Å². The van der Waals surface area contributed by atoms with Gasteiger partial charge in [0.15, 0.2) is 0 Å². The molecule has 0 spiro atoms. The summed E-state index contributed by atoms with van der Waals surface area (Å²) in [5.74, 6) is -0.248. The van der Waals surface area contributed by atoms with Gasteiger partial charge in [-0.05, 0) is 30.7 Å². The third-order valence-electron chi connectivity index (χ3n) is 5.53. The largest absolute Gasteiger partial charge is 0.492 e. The fraction of sp³-hybridized carbons (Fsp3) is 0.348. The zero-order chi connectivity index (χ0) is 21.9. The van der Waals surface area contributed by atoms with Crippen molar-refractivity contribution < 1.29 is 19.1 Å². The van der Waals surface area contributed by atoms with E-state index in [4.69, 9.17) is 16.3 Å². The number of carbonyl (C=O) groups excluding carboxylic acids is 3. The Morgan fingerprint density at radius 1 is 1.17 bits per heavy atom. The summed E-state index contributed by atoms with van der Waals surface area (Å²) in [5, 5.41) is 0.368. The summed E-state index contributed by atoms with van der Waals surface area (Å²) in [6.07, 6.45) is -0.210. The monoisotopic (exact) mass is 428 g/mol. The van der Waals surface area contributed by atoms with Gasteiger partial charge in [0.05, 0.1) is 12.0 Å². The predicted octanol–water partition coefficient (Wildman–Crippen LogP) is 3.20. The fourth-order valence-electron chi connectivity index (χ4n) is 3.63. The van der Waals surface area contributed by atoms with Crippen molar-refractivity contribution in [3.63, 3.8) is 0 Å². The number of hydrogen-bond acceptors (Lipinski definition) is 4. The van der Waals surface area contributed by atoms with E-state index in [1.54, 1.807) is 31.3 Å². The van der Waals surface area contributed by atoms with E-state index in [9.17, 15) is 14.4 Å². The molecule has 7 heteroatoms. The lowest BCUT2D eigenvalue weighted by atomic mass is 9.75. The molecular weight excluding hydrogens is 404 g/mol. The number of nitrogens with zero attached hydrogens (tertiary/aromatic N) is 2. The lowest BCUT2D eigenvalue weighted by Crippen LogP contribution is -2.42. The quantitative estimate of drug-likeness (QED) is 0.635. The van der Waals surface area contributed by atoms with Gasteiger partial charge < -0.3 is 9.64 Å². The van der Waals surface area contributed by atoms with Gasteiger partial charge in [0, 0.05) is 32.0 Å². The number of carbonyl (C=O) groups is 3. The molecule has 0 saturated carbocycles. The fourth-order valence-corrected chi connectivity index (χ4v) is 3.95. The second kappa shape index (κ2) is 8.88. The van der Waals surface area contributed by atoms with Gasteiger partial charge in [-0.25, -0.2) is 0 Å². The SMILES string of the molecule is Cc1ccc(OCCN(C)C(=O)CC2(c3ccccc3Cl)CC(=O)N(C)C2=O)cc1. The molecule has 2 aromatic rings. The number of rotatable bonds is 7. The minimum absolute atomic E-state index is 0.0779. The first-order valence-electron chi connectivity index (χ1n) is 9.74. The number of imide groups is 1. The van der Waals surface area contributed by atoms with Gasteiger partial charge in [-0.2, -0.15) is 0 Å². The maximum absolute atomic E-state index is 13.0. The van der Waals surface area contributed by atoms with Crippen LogP contribution in [0.2, 0.25) is 5.02 Å². The molecule has 0 bridgehead atoms. The number of benzene rings is 2. The molecule has 1 unspecified atom stereocenters. The normalized spacial score (nSPS) is 18.6. The number of amides is 3. The third kappa shape index (κ3) is 4.33. The van der Waals surface area contributed by atoms with Crippen LogP contribution >= 0.6 is 11.6 Å². The highest BCUT2D eigenvalue weighted by atomic mass is 35.5. The van der Waals surface area contributed by atoms with Crippen molar-refractivity contribution in [2.24, 2.45) is 0 Å². The Hall–Kier alpha value is -2.86. The van der Waals surface area contributed by atoms with Crippen molar-refractivity contribution in [1.29, 1.82) is 0 Å². The van der Waals surface area contributed by atoms with Crippen LogP contribution in [0.25, 0.3) is 0 Å². The van der Waals surface area contributed by atoms with Crippen molar-refractivity contribution >= 4 is 29.3 Å². The lowest BCUT2D eigenvalue weighted by Gasteiger charge is -2.29. The highest BCUT2D eigenvalue weighted by Gasteiger charge is 2.53. The van der Waals surface area contributed by atoms with E-state index in [2.05, 4.69) is 0 Å². The van der Waals surface area contributed by atoms with Gasteiger partial charge in [0.1, 0.15) is 12.4 Å². The van der Waals surface area contributed by atoms with E-state index in [1.165, 1.54) is 11.9 Å². The van der Waals surface area contributed by atoms with Crippen LogP contribution in [0.15, 0.2) is 48.5 Å². The second-order valence-electron chi connectivity index (χ2n) is 7.65. The first-order chi connectivity index (χ1) is 14.2. The Kier molecular flexibility index (Phi) is 6.46. The van der Waals surface area contributed by atoms with Crippen LogP contribution in [0, 0.1) is 6.92 Å². The Morgan fingerprint density at radius 2 is 1.83 bits per heavy atom. The highest BCUT2D eigenvalue weighted by Crippen LogP contribution is 2.42. The van der Waals surface area contributed by atoms with Crippen molar-refractivity contribution in [3.8, 4) is 5.75 Å². The Balaban J connectivity index is 1.72. The molecule has 2 aromatic carbocycles. The Morgan fingerprint density at radius 3 is 2.43 bits per heavy atom. The standard InChI is InChI=1S/C23H25ClN2O4/c1-16-8-10-17(11-9-16)30-13-12-25(2)20(27)14-23(15-21(28)26(3)22(23)29)18-6-4-5-7-19(18)24/h4-11H,12-15H2,1-3H3. The molecule has 0 radical (unpaired) electrons. The molecule has 1 fully saturated rings. The first-order valence-corrected chi connectivity index (χ1v) is 10.1. The third-order valence-corrected chi connectivity index (χ3v) is 5.86. The van der Waals surface area contributed by atoms with Crippen molar-refractivity contribution in [3.05, 3.63) is 64.7 Å². The molecule has 0 aromatic heterocycles. The van der Waals surface area contributed by atoms with Crippen LogP contribution in [-0.2, 0) is 19.8 Å². The van der Waals surface area contributed by atoms with E-state index in [0.717, 1.165) is 16.2 Å². The molecule has 1 aliphatic rings. The van der Waals surface area contributed by atoms with Crippen molar-refractivity contribution in [1.82, 2.24) is 9.80 Å². The summed E-state index contributed by atoms with van der Waals surface area (Å²) in [4.78, 5) is 40.9. The molecule has 158 valence electrons. The number of halogens is 1. The Labute approximate surface area is 181 Å². The number of aryl methyl sites for hydroxylation is 1. The molecule has 1 aliphatic heterocycles. The molecule has 1 heterocycles. The topological polar surface area (TPSA) is 66.9 Å². The van der Waals surface area contributed by atoms with Gasteiger partial charge >= 0.3 is 0 Å². The second-order valence-corrected chi connectivity index (χ2v) is 8.06. The van der Waals surface area contributed by atoms with E-state index in [0.29, 0.717) is 23.7 Å². The van der Waals surface area contributed by atoms with E-state index < -0.39 is 11.3 Å². The average molecular weight is 429 g/mol. The molecular formula is C23H25ClN2O4. The summed E-state index contributed by atoms with van der Waals surface area (Å²) in [7, 11) is 3.10. The predicted molar refractivity (Wildman–Crippen MR) is 114 cm³/mol. The van der Waals surface area contributed by atoms with Crippen LogP contribution in [0.3, 0.4) is 0 Å². The minimum Gasteiger partial charge on any atom is -0.492 e. The minimum atomic E-state index is -1.28. The first kappa shape index (κ1) is 21.8. The molecule has 30 heavy (non-hydrogen) atoms. The lowest BCUT2D eigenvalue weighted by molar-refractivity contribution is -0.141. The summed E-state index contributed by atoms with van der Waals surface area (Å²) in [6.45, 7) is 2.66. The molecule has 3 amide bonds. The summed E-state index contributed by atoms with van der Waals surface area (Å²) in [5.41, 5.74) is 0.361. The van der Waals surface area contributed by atoms with Gasteiger partial charge in [-0.1, -0.05) is 47.5 Å². The van der Waals surface area contributed by atoms with E-state index in [1.807, 2.05) is 31.2 Å². The molecule has 1 saturated heterocycles. The Bertz CT molecular complexity index is 960. The van der Waals surface area contributed by atoms with Crippen molar-refractivity contribution in [2.45, 2.75) is 25.2 Å². The highest BCUT2D eigenvalue weighted by molar-refractivity contribution is 6.32. The summed E-state index contributed by atoms with van der Waals surface area (Å²) < 4.78 is 5.69. The average Bonchev–Trinajstić information content (AvgIpc) is 2.94. The van der Waals surface area contributed by atoms with E-state index >= 15 is 0 Å². The molecule has 3 rings (SSSR count). The van der Waals surface area contributed by atoms with Crippen LogP contribution in [0.1, 0.15) is 24.0 Å². The van der Waals surface area contributed by atoms with Gasteiger partial charge in [0.2, 0.25) is 17.7 Å². The molecule has 1 atom stereocenters. The zero-order valence-corrected chi connectivity index (χ0v) is 18.1. The maximum Gasteiger partial charge on any atom is 0.240 e. The smallest absolute Gasteiger partial charge is 0.240 e. The van der Waals surface area contributed by atoms with Crippen LogP contribution in [-0.4, -0.2) is 54.8 Å². The number of hydrogen-bond donors (Lipinski definition) is 0. The number of likely N-dealkylation sites (tertiary alicyclic amines) is 1. The van der Waals surface area contributed by atoms with Gasteiger partial charge in [0.25, 0.3) is 0 Å². The summed E-state index contributed by atoms with van der Waals surface area (Å²) in [6, 6.07) is 14.5. The van der Waals surface area contributed by atoms with Crippen LogP contribution in [0.5, 0.6) is 5.75 Å².